The van der Waals surface area contributed by atoms with Gasteiger partial charge in [-0.05, 0) is 53.7 Å². The summed E-state index contributed by atoms with van der Waals surface area (Å²) in [6, 6.07) is 11.5. The molecule has 25 heavy (non-hydrogen) atoms. The van der Waals surface area contributed by atoms with Crippen LogP contribution in [0.1, 0.15) is 15.9 Å². The van der Waals surface area contributed by atoms with Crippen LogP contribution in [0, 0.1) is 0 Å². The van der Waals surface area contributed by atoms with Gasteiger partial charge in [0.1, 0.15) is 11.3 Å². The van der Waals surface area contributed by atoms with Crippen molar-refractivity contribution in [3.8, 4) is 5.75 Å². The standard InChI is InChI=1S/C17H11BrN2O4S/c18-10-3-1-2-9(6-10)7-14-15(22)20-17(25-14)19-11-4-5-13(21)12(8-11)16(23)24/h1-8,21H,(H,23,24)(H,19,20,22)/b14-7-. The van der Waals surface area contributed by atoms with Gasteiger partial charge in [0.15, 0.2) is 5.17 Å². The summed E-state index contributed by atoms with van der Waals surface area (Å²) in [6.07, 6.45) is 1.74. The number of carboxylic acids is 1. The van der Waals surface area contributed by atoms with E-state index in [1.165, 1.54) is 18.2 Å². The van der Waals surface area contributed by atoms with Gasteiger partial charge in [-0.15, -0.1) is 0 Å². The highest BCUT2D eigenvalue weighted by Gasteiger charge is 2.24. The lowest BCUT2D eigenvalue weighted by Gasteiger charge is -2.01. The Kier molecular flexibility index (Phi) is 4.91. The van der Waals surface area contributed by atoms with E-state index in [1.54, 1.807) is 6.08 Å². The monoisotopic (exact) mass is 418 g/mol. The highest BCUT2D eigenvalue weighted by molar-refractivity contribution is 9.10. The molecule has 0 saturated carbocycles. The molecule has 1 saturated heterocycles. The zero-order chi connectivity index (χ0) is 18.0. The van der Waals surface area contributed by atoms with Crippen LogP contribution in [-0.4, -0.2) is 27.3 Å². The van der Waals surface area contributed by atoms with Gasteiger partial charge in [0.05, 0.1) is 10.6 Å². The molecule has 0 radical (unpaired) electrons. The van der Waals surface area contributed by atoms with Gasteiger partial charge in [0, 0.05) is 4.47 Å². The zero-order valence-electron chi connectivity index (χ0n) is 12.6. The van der Waals surface area contributed by atoms with Gasteiger partial charge in [-0.25, -0.2) is 9.79 Å². The van der Waals surface area contributed by atoms with Gasteiger partial charge in [-0.3, -0.25) is 4.79 Å². The van der Waals surface area contributed by atoms with E-state index in [4.69, 9.17) is 5.11 Å². The smallest absolute Gasteiger partial charge is 0.339 e. The molecule has 1 aliphatic heterocycles. The molecule has 0 spiro atoms. The van der Waals surface area contributed by atoms with Gasteiger partial charge in [0.2, 0.25) is 0 Å². The Morgan fingerprint density at radius 1 is 1.24 bits per heavy atom. The Labute approximate surface area is 155 Å². The minimum atomic E-state index is -1.25. The molecule has 0 aromatic heterocycles. The summed E-state index contributed by atoms with van der Waals surface area (Å²) in [5.41, 5.74) is 0.939. The molecule has 1 heterocycles. The van der Waals surface area contributed by atoms with Gasteiger partial charge in [0.25, 0.3) is 5.91 Å². The fourth-order valence-electron chi connectivity index (χ4n) is 2.11. The topological polar surface area (TPSA) is 99.0 Å². The number of carbonyl (C=O) groups is 2. The number of amides is 1. The van der Waals surface area contributed by atoms with Gasteiger partial charge in [-0.2, -0.15) is 0 Å². The number of nitrogens with zero attached hydrogens (tertiary/aromatic N) is 1. The van der Waals surface area contributed by atoms with Crippen molar-refractivity contribution in [2.45, 2.75) is 0 Å². The van der Waals surface area contributed by atoms with E-state index in [1.807, 2.05) is 24.3 Å². The first kappa shape index (κ1) is 17.2. The summed E-state index contributed by atoms with van der Waals surface area (Å²) in [5, 5.41) is 21.5. The number of hydrogen-bond acceptors (Lipinski definition) is 5. The quantitative estimate of drug-likeness (QED) is 0.659. The van der Waals surface area contributed by atoms with Crippen LogP contribution in [0.3, 0.4) is 0 Å². The fourth-order valence-corrected chi connectivity index (χ4v) is 3.37. The number of amidine groups is 1. The molecule has 0 unspecified atom stereocenters. The van der Waals surface area contributed by atoms with Crippen LogP contribution in [0.25, 0.3) is 6.08 Å². The number of hydrogen-bond donors (Lipinski definition) is 3. The Balaban J connectivity index is 1.86. The third-order valence-corrected chi connectivity index (χ3v) is 4.64. The maximum absolute atomic E-state index is 12.1. The van der Waals surface area contributed by atoms with E-state index < -0.39 is 5.97 Å². The number of aromatic hydroxyl groups is 1. The second kappa shape index (κ2) is 7.12. The summed E-state index contributed by atoms with van der Waals surface area (Å²) in [6.45, 7) is 0. The number of benzene rings is 2. The van der Waals surface area contributed by atoms with Crippen molar-refractivity contribution in [1.82, 2.24) is 5.32 Å². The number of rotatable bonds is 3. The molecule has 0 aliphatic carbocycles. The number of thioether (sulfide) groups is 1. The molecule has 3 rings (SSSR count). The number of carbonyl (C=O) groups excluding carboxylic acids is 1. The lowest BCUT2D eigenvalue weighted by Crippen LogP contribution is -2.19. The SMILES string of the molecule is O=C1NC(=Nc2ccc(O)c(C(=O)O)c2)S/C1=C\c1cccc(Br)c1. The van der Waals surface area contributed by atoms with Crippen molar-refractivity contribution in [3.63, 3.8) is 0 Å². The third kappa shape index (κ3) is 4.09. The third-order valence-electron chi connectivity index (χ3n) is 3.24. The van der Waals surface area contributed by atoms with Crippen LogP contribution in [0.4, 0.5) is 5.69 Å². The summed E-state index contributed by atoms with van der Waals surface area (Å²) in [7, 11) is 0. The minimum absolute atomic E-state index is 0.249. The predicted octanol–water partition coefficient (Wildman–Crippen LogP) is 3.74. The molecular formula is C17H11BrN2O4S. The predicted molar refractivity (Wildman–Crippen MR) is 100 cm³/mol. The summed E-state index contributed by atoms with van der Waals surface area (Å²) in [5.74, 6) is -1.87. The molecule has 2 aromatic rings. The van der Waals surface area contributed by atoms with E-state index in [0.717, 1.165) is 21.8 Å². The van der Waals surface area contributed by atoms with E-state index in [0.29, 0.717) is 15.8 Å². The number of halogens is 1. The molecule has 2 aromatic carbocycles. The van der Waals surface area contributed by atoms with Crippen molar-refractivity contribution in [2.24, 2.45) is 4.99 Å². The highest BCUT2D eigenvalue weighted by atomic mass is 79.9. The van der Waals surface area contributed by atoms with Crippen LogP contribution >= 0.6 is 27.7 Å². The first-order chi connectivity index (χ1) is 11.9. The minimum Gasteiger partial charge on any atom is -0.507 e. The van der Waals surface area contributed by atoms with Crippen LogP contribution in [0.2, 0.25) is 0 Å². The van der Waals surface area contributed by atoms with E-state index in [-0.39, 0.29) is 17.2 Å². The first-order valence-corrected chi connectivity index (χ1v) is 8.65. The van der Waals surface area contributed by atoms with Crippen LogP contribution in [0.5, 0.6) is 5.75 Å². The number of nitrogens with one attached hydrogen (secondary N) is 1. The molecule has 6 nitrogen and oxygen atoms in total. The lowest BCUT2D eigenvalue weighted by atomic mass is 10.2. The Bertz CT molecular complexity index is 940. The Hall–Kier alpha value is -2.58. The zero-order valence-corrected chi connectivity index (χ0v) is 15.0. The second-order valence-electron chi connectivity index (χ2n) is 5.04. The molecule has 1 fully saturated rings. The second-order valence-corrected chi connectivity index (χ2v) is 6.99. The van der Waals surface area contributed by atoms with E-state index >= 15 is 0 Å². The molecule has 1 aliphatic rings. The Morgan fingerprint density at radius 3 is 2.76 bits per heavy atom. The van der Waals surface area contributed by atoms with Gasteiger partial charge >= 0.3 is 5.97 Å². The normalized spacial score (nSPS) is 17.1. The van der Waals surface area contributed by atoms with Crippen molar-refractivity contribution in [1.29, 1.82) is 0 Å². The molecule has 0 atom stereocenters. The van der Waals surface area contributed by atoms with Gasteiger partial charge in [-0.1, -0.05) is 28.1 Å². The van der Waals surface area contributed by atoms with Gasteiger partial charge < -0.3 is 15.5 Å². The molecular weight excluding hydrogens is 408 g/mol. The molecule has 126 valence electrons. The summed E-state index contributed by atoms with van der Waals surface area (Å²) < 4.78 is 0.907. The first-order valence-electron chi connectivity index (χ1n) is 7.04. The molecule has 8 heteroatoms. The van der Waals surface area contributed by atoms with Crippen molar-refractivity contribution in [3.05, 3.63) is 63.0 Å². The lowest BCUT2D eigenvalue weighted by molar-refractivity contribution is -0.115. The number of aliphatic imine (C=N–C) groups is 1. The average Bonchev–Trinajstić information content (AvgIpc) is 2.88. The highest BCUT2D eigenvalue weighted by Crippen LogP contribution is 2.30. The van der Waals surface area contributed by atoms with Crippen LogP contribution < -0.4 is 5.32 Å². The number of phenols is 1. The van der Waals surface area contributed by atoms with Crippen molar-refractivity contribution in [2.75, 3.05) is 0 Å². The van der Waals surface area contributed by atoms with E-state index in [2.05, 4.69) is 26.2 Å². The van der Waals surface area contributed by atoms with Crippen LogP contribution in [-0.2, 0) is 4.79 Å². The van der Waals surface area contributed by atoms with E-state index in [9.17, 15) is 14.7 Å². The molecule has 0 bridgehead atoms. The maximum atomic E-state index is 12.1. The number of carboxylic acid groups (broad SMARTS) is 1. The summed E-state index contributed by atoms with van der Waals surface area (Å²) >= 11 is 4.54. The fraction of sp³-hybridized carbons (Fsp3) is 0. The largest absolute Gasteiger partial charge is 0.507 e. The van der Waals surface area contributed by atoms with Crippen LogP contribution in [0.15, 0.2) is 56.8 Å². The average molecular weight is 419 g/mol. The maximum Gasteiger partial charge on any atom is 0.339 e. The molecule has 3 N–H and O–H groups in total. The molecule has 1 amide bonds. The summed E-state index contributed by atoms with van der Waals surface area (Å²) in [4.78, 5) is 27.8. The Morgan fingerprint density at radius 2 is 2.04 bits per heavy atom. The van der Waals surface area contributed by atoms with Crippen molar-refractivity contribution < 1.29 is 19.8 Å². The number of aromatic carboxylic acids is 1. The van der Waals surface area contributed by atoms with Crippen molar-refractivity contribution >= 4 is 56.5 Å².